The molecule has 0 amide bonds. The van der Waals surface area contributed by atoms with Crippen molar-refractivity contribution >= 4 is 21.7 Å². The molecule has 0 aliphatic carbocycles. The fourth-order valence-corrected chi connectivity index (χ4v) is 2.92. The lowest BCUT2D eigenvalue weighted by molar-refractivity contribution is 0.412. The third kappa shape index (κ3) is 3.23. The second kappa shape index (κ2) is 6.98. The summed E-state index contributed by atoms with van der Waals surface area (Å²) in [5, 5.41) is 0. The van der Waals surface area contributed by atoms with Crippen molar-refractivity contribution in [3.05, 3.63) is 28.5 Å². The molecule has 0 spiro atoms. The predicted molar refractivity (Wildman–Crippen MR) is 90.6 cm³/mol. The van der Waals surface area contributed by atoms with Crippen LogP contribution in [0.2, 0.25) is 0 Å². The van der Waals surface area contributed by atoms with E-state index in [2.05, 4.69) is 34.3 Å². The first-order valence-electron chi connectivity index (χ1n) is 7.31. The number of hydrogen-bond acceptors (Lipinski definition) is 3. The van der Waals surface area contributed by atoms with E-state index in [0.29, 0.717) is 0 Å². The summed E-state index contributed by atoms with van der Waals surface area (Å²) < 4.78 is 8.31. The average Bonchev–Trinajstić information content (AvgIpc) is 2.81. The number of imidazole rings is 1. The highest BCUT2D eigenvalue weighted by molar-refractivity contribution is 9.10. The zero-order chi connectivity index (χ0) is 15.4. The highest BCUT2D eigenvalue weighted by Gasteiger charge is 2.15. The molecule has 2 rings (SSSR count). The molecule has 0 aliphatic heterocycles. The fourth-order valence-electron chi connectivity index (χ4n) is 2.38. The summed E-state index contributed by atoms with van der Waals surface area (Å²) in [5.41, 5.74) is 8.18. The van der Waals surface area contributed by atoms with Gasteiger partial charge >= 0.3 is 0 Å². The molecule has 4 nitrogen and oxygen atoms in total. The summed E-state index contributed by atoms with van der Waals surface area (Å²) in [6.45, 7) is 5.22. The average molecular weight is 352 g/mol. The Kier molecular flexibility index (Phi) is 5.28. The summed E-state index contributed by atoms with van der Waals surface area (Å²) in [7, 11) is 1.66. The van der Waals surface area contributed by atoms with Crippen molar-refractivity contribution in [1.82, 2.24) is 9.55 Å². The number of rotatable bonds is 6. The molecule has 2 N–H and O–H groups in total. The van der Waals surface area contributed by atoms with Crippen LogP contribution in [-0.2, 0) is 13.0 Å². The van der Waals surface area contributed by atoms with Crippen LogP contribution in [0, 0.1) is 0 Å². The van der Waals surface area contributed by atoms with Gasteiger partial charge in [-0.1, -0.05) is 20.3 Å². The minimum atomic E-state index is 0.748. The van der Waals surface area contributed by atoms with Crippen LogP contribution < -0.4 is 10.5 Å². The van der Waals surface area contributed by atoms with E-state index in [-0.39, 0.29) is 0 Å². The molecule has 0 fully saturated rings. The Balaban J connectivity index is 2.44. The van der Waals surface area contributed by atoms with Crippen LogP contribution in [0.3, 0.4) is 0 Å². The maximum absolute atomic E-state index is 6.33. The van der Waals surface area contributed by atoms with Gasteiger partial charge in [0.05, 0.1) is 11.6 Å². The van der Waals surface area contributed by atoms with E-state index in [9.17, 15) is 0 Å². The van der Waals surface area contributed by atoms with Crippen LogP contribution in [0.1, 0.15) is 32.5 Å². The van der Waals surface area contributed by atoms with Gasteiger partial charge in [0.15, 0.2) is 0 Å². The summed E-state index contributed by atoms with van der Waals surface area (Å²) in [5.74, 6) is 2.60. The number of unbranched alkanes of at least 4 members (excludes halogenated alkanes) is 1. The summed E-state index contributed by atoms with van der Waals surface area (Å²) in [6.07, 6.45) is 3.13. The molecule has 1 aromatic heterocycles. The second-order valence-corrected chi connectivity index (χ2v) is 5.82. The van der Waals surface area contributed by atoms with Crippen molar-refractivity contribution in [3.8, 4) is 17.0 Å². The Morgan fingerprint density at radius 2 is 2.10 bits per heavy atom. The number of halogens is 1. The lowest BCUT2D eigenvalue weighted by atomic mass is 10.1. The molecule has 0 bridgehead atoms. The van der Waals surface area contributed by atoms with Crippen LogP contribution in [-0.4, -0.2) is 16.7 Å². The highest BCUT2D eigenvalue weighted by Crippen LogP contribution is 2.33. The summed E-state index contributed by atoms with van der Waals surface area (Å²) in [6, 6.07) is 5.92. The lowest BCUT2D eigenvalue weighted by Gasteiger charge is -2.08. The Bertz CT molecular complexity index is 622. The molecule has 0 saturated carbocycles. The summed E-state index contributed by atoms with van der Waals surface area (Å²) >= 11 is 3.51. The van der Waals surface area contributed by atoms with Gasteiger partial charge in [-0.25, -0.2) is 4.98 Å². The molecular formula is C16H22BrN3O. The first kappa shape index (κ1) is 15.9. The third-order valence-corrected chi connectivity index (χ3v) is 4.18. The van der Waals surface area contributed by atoms with E-state index >= 15 is 0 Å². The normalized spacial score (nSPS) is 10.9. The number of aryl methyl sites for hydroxylation is 1. The van der Waals surface area contributed by atoms with Crippen molar-refractivity contribution in [2.45, 2.75) is 39.7 Å². The van der Waals surface area contributed by atoms with Crippen LogP contribution >= 0.6 is 15.9 Å². The second-order valence-electron chi connectivity index (χ2n) is 4.97. The van der Waals surface area contributed by atoms with Gasteiger partial charge in [0.2, 0.25) is 0 Å². The minimum Gasteiger partial charge on any atom is -0.496 e. The number of anilines is 1. The molecule has 0 radical (unpaired) electrons. The van der Waals surface area contributed by atoms with E-state index < -0.39 is 0 Å². The molecule has 0 atom stereocenters. The molecule has 0 aliphatic rings. The van der Waals surface area contributed by atoms with Gasteiger partial charge in [0, 0.05) is 18.5 Å². The van der Waals surface area contributed by atoms with Gasteiger partial charge in [-0.15, -0.1) is 0 Å². The Hall–Kier alpha value is -1.49. The van der Waals surface area contributed by atoms with Gasteiger partial charge in [-0.2, -0.15) is 0 Å². The standard InChI is InChI=1S/C16H22BrN3O/c1-4-6-9-20-14(5-2)19-15(16(20)18)11-7-8-13(21-3)12(17)10-11/h7-8,10H,4-6,9,18H2,1-3H3. The maximum atomic E-state index is 6.33. The summed E-state index contributed by atoms with van der Waals surface area (Å²) in [4.78, 5) is 4.72. The van der Waals surface area contributed by atoms with Crippen molar-refractivity contribution < 1.29 is 4.74 Å². The van der Waals surface area contributed by atoms with Crippen LogP contribution in [0.15, 0.2) is 22.7 Å². The van der Waals surface area contributed by atoms with Gasteiger partial charge < -0.3 is 15.0 Å². The Morgan fingerprint density at radius 3 is 2.67 bits per heavy atom. The quantitative estimate of drug-likeness (QED) is 0.845. The number of ether oxygens (including phenoxy) is 1. The van der Waals surface area contributed by atoms with Crippen LogP contribution in [0.5, 0.6) is 5.75 Å². The number of benzene rings is 1. The first-order chi connectivity index (χ1) is 10.1. The number of aromatic nitrogens is 2. The van der Waals surface area contributed by atoms with E-state index in [1.165, 1.54) is 0 Å². The molecule has 1 aromatic carbocycles. The van der Waals surface area contributed by atoms with E-state index in [1.807, 2.05) is 18.2 Å². The monoisotopic (exact) mass is 351 g/mol. The lowest BCUT2D eigenvalue weighted by Crippen LogP contribution is -2.06. The van der Waals surface area contributed by atoms with Crippen LogP contribution in [0.25, 0.3) is 11.3 Å². The number of methoxy groups -OCH3 is 1. The largest absolute Gasteiger partial charge is 0.496 e. The minimum absolute atomic E-state index is 0.748. The predicted octanol–water partition coefficient (Wildman–Crippen LogP) is 4.27. The molecule has 21 heavy (non-hydrogen) atoms. The van der Waals surface area contributed by atoms with Gasteiger partial charge in [0.1, 0.15) is 23.1 Å². The SMILES string of the molecule is CCCCn1c(CC)nc(-c2ccc(OC)c(Br)c2)c1N. The molecule has 114 valence electrons. The zero-order valence-corrected chi connectivity index (χ0v) is 14.4. The Labute approximate surface area is 134 Å². The molecule has 0 unspecified atom stereocenters. The van der Waals surface area contributed by atoms with Crippen LogP contribution in [0.4, 0.5) is 5.82 Å². The molecule has 5 heteroatoms. The van der Waals surface area contributed by atoms with E-state index in [4.69, 9.17) is 15.5 Å². The molecular weight excluding hydrogens is 330 g/mol. The molecule has 2 aromatic rings. The van der Waals surface area contributed by atoms with Crippen molar-refractivity contribution in [3.63, 3.8) is 0 Å². The van der Waals surface area contributed by atoms with Crippen molar-refractivity contribution in [1.29, 1.82) is 0 Å². The third-order valence-electron chi connectivity index (χ3n) is 3.56. The fraction of sp³-hybridized carbons (Fsp3) is 0.438. The first-order valence-corrected chi connectivity index (χ1v) is 8.10. The zero-order valence-electron chi connectivity index (χ0n) is 12.8. The van der Waals surface area contributed by atoms with Crippen molar-refractivity contribution in [2.24, 2.45) is 0 Å². The highest BCUT2D eigenvalue weighted by atomic mass is 79.9. The Morgan fingerprint density at radius 1 is 1.33 bits per heavy atom. The molecule has 0 saturated heterocycles. The van der Waals surface area contributed by atoms with Gasteiger partial charge in [-0.3, -0.25) is 0 Å². The maximum Gasteiger partial charge on any atom is 0.133 e. The molecule has 1 heterocycles. The topological polar surface area (TPSA) is 53.1 Å². The van der Waals surface area contributed by atoms with Gasteiger partial charge in [-0.05, 0) is 40.5 Å². The van der Waals surface area contributed by atoms with Crippen molar-refractivity contribution in [2.75, 3.05) is 12.8 Å². The number of nitrogens with zero attached hydrogens (tertiary/aromatic N) is 2. The number of nitrogen functional groups attached to an aromatic ring is 1. The van der Waals surface area contributed by atoms with Gasteiger partial charge in [0.25, 0.3) is 0 Å². The van der Waals surface area contributed by atoms with E-state index in [0.717, 1.165) is 58.9 Å². The smallest absolute Gasteiger partial charge is 0.133 e. The number of hydrogen-bond donors (Lipinski definition) is 1. The van der Waals surface area contributed by atoms with E-state index in [1.54, 1.807) is 7.11 Å². The number of nitrogens with two attached hydrogens (primary N) is 1.